The number of aliphatic hydroxyl groups excluding tert-OH is 1. The van der Waals surface area contributed by atoms with E-state index in [2.05, 4.69) is 0 Å². The maximum atomic E-state index is 11.4. The van der Waals surface area contributed by atoms with Crippen molar-refractivity contribution in [1.29, 1.82) is 0 Å². The quantitative estimate of drug-likeness (QED) is 0.625. The summed E-state index contributed by atoms with van der Waals surface area (Å²) in [5.41, 5.74) is 0.425. The van der Waals surface area contributed by atoms with E-state index in [0.717, 1.165) is 0 Å². The Kier molecular flexibility index (Phi) is 2.10. The smallest absolute Gasteiger partial charge is 0.207 e. The molecule has 0 aromatic carbocycles. The lowest BCUT2D eigenvalue weighted by molar-refractivity contribution is -0.124. The third-order valence-corrected chi connectivity index (χ3v) is 1.95. The van der Waals surface area contributed by atoms with Gasteiger partial charge in [-0.25, -0.2) is 0 Å². The lowest BCUT2D eigenvalue weighted by Gasteiger charge is -2.35. The lowest BCUT2D eigenvalue weighted by Crippen LogP contribution is -2.50. The number of ketones is 1. The van der Waals surface area contributed by atoms with Crippen LogP contribution >= 0.6 is 0 Å². The molecule has 0 saturated carbocycles. The number of nitrogens with zero attached hydrogens (tertiary/aromatic N) is 2. The van der Waals surface area contributed by atoms with E-state index < -0.39 is 6.04 Å². The number of likely N-dealkylation sites (N-methyl/N-ethyl adjacent to an activating group) is 2. The van der Waals surface area contributed by atoms with Crippen LogP contribution in [-0.4, -0.2) is 54.9 Å². The summed E-state index contributed by atoms with van der Waals surface area (Å²) in [7, 11) is 7.03. The van der Waals surface area contributed by atoms with Gasteiger partial charge in [0.2, 0.25) is 5.78 Å². The minimum Gasteiger partial charge on any atom is -0.508 e. The molecule has 1 rings (SSSR count). The van der Waals surface area contributed by atoms with Gasteiger partial charge in [0.15, 0.2) is 0 Å². The minimum absolute atomic E-state index is 0.0116. The molecule has 68 valence electrons. The molecule has 0 amide bonds. The highest BCUT2D eigenvalue weighted by Crippen LogP contribution is 2.26. The van der Waals surface area contributed by atoms with E-state index in [0.29, 0.717) is 5.70 Å². The molecule has 12 heavy (non-hydrogen) atoms. The molecule has 1 unspecified atom stereocenters. The van der Waals surface area contributed by atoms with Crippen LogP contribution in [-0.2, 0) is 4.79 Å². The molecular formula is C8H14N2O2. The molecule has 0 aromatic rings. The fraction of sp³-hybridized carbons (Fsp3) is 0.625. The molecule has 4 heteroatoms. The average Bonchev–Trinajstić information content (AvgIpc) is 1.84. The van der Waals surface area contributed by atoms with Crippen LogP contribution in [0.4, 0.5) is 0 Å². The van der Waals surface area contributed by atoms with Crippen molar-refractivity contribution in [3.63, 3.8) is 0 Å². The number of rotatable bonds is 2. The van der Waals surface area contributed by atoms with Gasteiger partial charge in [-0.3, -0.25) is 9.69 Å². The molecule has 1 aliphatic carbocycles. The second kappa shape index (κ2) is 2.79. The SMILES string of the molecule is CN(C)C1=C(O)C(N(C)C)C1=O. The third kappa shape index (κ3) is 1.08. The van der Waals surface area contributed by atoms with Crippen molar-refractivity contribution >= 4 is 5.78 Å². The first-order chi connectivity index (χ1) is 5.46. The first-order valence-electron chi connectivity index (χ1n) is 3.78. The van der Waals surface area contributed by atoms with E-state index in [-0.39, 0.29) is 11.5 Å². The summed E-state index contributed by atoms with van der Waals surface area (Å²) in [6, 6.07) is -0.428. The summed E-state index contributed by atoms with van der Waals surface area (Å²) in [6.45, 7) is 0. The molecular weight excluding hydrogens is 156 g/mol. The number of carbonyl (C=O) groups is 1. The molecule has 0 spiro atoms. The maximum Gasteiger partial charge on any atom is 0.207 e. The molecule has 0 aromatic heterocycles. The second-order valence-electron chi connectivity index (χ2n) is 3.36. The normalized spacial score (nSPS) is 23.1. The van der Waals surface area contributed by atoms with Crippen LogP contribution in [0.15, 0.2) is 11.5 Å². The summed E-state index contributed by atoms with van der Waals surface area (Å²) in [6.07, 6.45) is 0. The Morgan fingerprint density at radius 1 is 1.25 bits per heavy atom. The van der Waals surface area contributed by atoms with E-state index in [9.17, 15) is 9.90 Å². The number of hydrogen-bond acceptors (Lipinski definition) is 4. The molecule has 1 atom stereocenters. The van der Waals surface area contributed by atoms with Gasteiger partial charge < -0.3 is 10.0 Å². The van der Waals surface area contributed by atoms with E-state index in [4.69, 9.17) is 0 Å². The average molecular weight is 170 g/mol. The minimum atomic E-state index is -0.428. The van der Waals surface area contributed by atoms with E-state index in [1.54, 1.807) is 38.0 Å². The summed E-state index contributed by atoms with van der Waals surface area (Å²) in [5, 5.41) is 9.45. The molecule has 1 N–H and O–H groups in total. The van der Waals surface area contributed by atoms with Gasteiger partial charge >= 0.3 is 0 Å². The first kappa shape index (κ1) is 9.06. The molecule has 4 nitrogen and oxygen atoms in total. The topological polar surface area (TPSA) is 43.8 Å². The molecule has 0 radical (unpaired) electrons. The monoisotopic (exact) mass is 170 g/mol. The Morgan fingerprint density at radius 2 is 1.75 bits per heavy atom. The van der Waals surface area contributed by atoms with Crippen LogP contribution in [0.5, 0.6) is 0 Å². The fourth-order valence-corrected chi connectivity index (χ4v) is 1.36. The Balaban J connectivity index is 2.88. The highest BCUT2D eigenvalue weighted by atomic mass is 16.3. The standard InChI is InChI=1S/C8H14N2O2/c1-9(2)5-7(11)6(8(5)12)10(3)4/h5,11H,1-4H3. The van der Waals surface area contributed by atoms with Crippen LogP contribution in [0.1, 0.15) is 0 Å². The van der Waals surface area contributed by atoms with Gasteiger partial charge in [0, 0.05) is 14.1 Å². The van der Waals surface area contributed by atoms with Gasteiger partial charge in [-0.1, -0.05) is 0 Å². The molecule has 0 fully saturated rings. The Morgan fingerprint density at radius 3 is 2.00 bits per heavy atom. The van der Waals surface area contributed by atoms with Crippen LogP contribution in [0, 0.1) is 0 Å². The largest absolute Gasteiger partial charge is 0.508 e. The van der Waals surface area contributed by atoms with Crippen LogP contribution in [0.3, 0.4) is 0 Å². The summed E-state index contributed by atoms with van der Waals surface area (Å²) >= 11 is 0. The predicted octanol–water partition coefficient (Wildman–Crippen LogP) is -0.169. The Labute approximate surface area is 72.1 Å². The van der Waals surface area contributed by atoms with Crippen LogP contribution in [0.2, 0.25) is 0 Å². The van der Waals surface area contributed by atoms with E-state index >= 15 is 0 Å². The fourth-order valence-electron chi connectivity index (χ4n) is 1.36. The summed E-state index contributed by atoms with van der Waals surface area (Å²) < 4.78 is 0. The van der Waals surface area contributed by atoms with Crippen molar-refractivity contribution in [2.24, 2.45) is 0 Å². The highest BCUT2D eigenvalue weighted by Gasteiger charge is 2.42. The van der Waals surface area contributed by atoms with Crippen molar-refractivity contribution in [2.75, 3.05) is 28.2 Å². The second-order valence-corrected chi connectivity index (χ2v) is 3.36. The van der Waals surface area contributed by atoms with Gasteiger partial charge in [-0.2, -0.15) is 0 Å². The van der Waals surface area contributed by atoms with Crippen molar-refractivity contribution in [2.45, 2.75) is 6.04 Å². The zero-order chi connectivity index (χ0) is 9.46. The number of aliphatic hydroxyl groups is 1. The Hall–Kier alpha value is -1.03. The molecule has 1 aliphatic rings. The van der Waals surface area contributed by atoms with Gasteiger partial charge in [0.05, 0.1) is 0 Å². The van der Waals surface area contributed by atoms with Crippen molar-refractivity contribution in [1.82, 2.24) is 9.80 Å². The number of carbonyl (C=O) groups excluding carboxylic acids is 1. The highest BCUT2D eigenvalue weighted by molar-refractivity contribution is 6.08. The zero-order valence-electron chi connectivity index (χ0n) is 7.83. The number of Topliss-reactive ketones (excluding diaryl/α,β-unsaturated/α-hetero) is 1. The van der Waals surface area contributed by atoms with E-state index in [1.165, 1.54) is 0 Å². The van der Waals surface area contributed by atoms with Gasteiger partial charge in [-0.05, 0) is 14.1 Å². The molecule has 0 heterocycles. The molecule has 0 bridgehead atoms. The van der Waals surface area contributed by atoms with Crippen LogP contribution in [0.25, 0.3) is 0 Å². The van der Waals surface area contributed by atoms with E-state index in [1.807, 2.05) is 0 Å². The van der Waals surface area contributed by atoms with Crippen LogP contribution < -0.4 is 0 Å². The van der Waals surface area contributed by atoms with Crippen molar-refractivity contribution in [3.8, 4) is 0 Å². The zero-order valence-corrected chi connectivity index (χ0v) is 7.83. The predicted molar refractivity (Wildman–Crippen MR) is 45.8 cm³/mol. The lowest BCUT2D eigenvalue weighted by atomic mass is 9.93. The van der Waals surface area contributed by atoms with Gasteiger partial charge in [0.25, 0.3) is 0 Å². The molecule has 0 aliphatic heterocycles. The summed E-state index contributed by atoms with van der Waals surface area (Å²) in [4.78, 5) is 14.7. The van der Waals surface area contributed by atoms with Gasteiger partial charge in [0.1, 0.15) is 17.5 Å². The first-order valence-corrected chi connectivity index (χ1v) is 3.78. The van der Waals surface area contributed by atoms with Gasteiger partial charge in [-0.15, -0.1) is 0 Å². The Bertz CT molecular complexity index is 243. The summed E-state index contributed by atoms with van der Waals surface area (Å²) in [5.74, 6) is 0.164. The maximum absolute atomic E-state index is 11.4. The van der Waals surface area contributed by atoms with Crippen molar-refractivity contribution < 1.29 is 9.90 Å². The third-order valence-electron chi connectivity index (χ3n) is 1.95. The molecule has 0 saturated heterocycles. The number of hydrogen-bond donors (Lipinski definition) is 1. The van der Waals surface area contributed by atoms with Crippen molar-refractivity contribution in [3.05, 3.63) is 11.5 Å².